The van der Waals surface area contributed by atoms with Gasteiger partial charge in [0.25, 0.3) is 0 Å². The number of thiol groups is 1. The van der Waals surface area contributed by atoms with E-state index >= 15 is 0 Å². The molecule has 0 aliphatic heterocycles. The van der Waals surface area contributed by atoms with Gasteiger partial charge in [0.1, 0.15) is 29.5 Å². The maximum absolute atomic E-state index is 14.0. The Morgan fingerprint density at radius 2 is 2.00 bits per heavy atom. The van der Waals surface area contributed by atoms with Gasteiger partial charge in [0.05, 0.1) is 35.1 Å². The molecule has 9 nitrogen and oxygen atoms in total. The molecule has 0 fully saturated rings. The van der Waals surface area contributed by atoms with E-state index in [0.29, 0.717) is 39.6 Å². The van der Waals surface area contributed by atoms with E-state index in [1.54, 1.807) is 38.1 Å². The van der Waals surface area contributed by atoms with Gasteiger partial charge in [0.2, 0.25) is 0 Å². The van der Waals surface area contributed by atoms with Crippen molar-refractivity contribution in [1.29, 1.82) is 0 Å². The quantitative estimate of drug-likeness (QED) is 0.367. The standard InChI is InChI=1S/C22H22FN5O4S/c1-12-7-18(32-27-12)13(2)31-19-8-14(23)5-6-16(19)26-22-21-17(24-11-25-22)9-15(28-33(4)29)10-20(21)30-3/h5-11,13,33H,1-4H3,(H,24,25,26). The van der Waals surface area contributed by atoms with Crippen molar-refractivity contribution < 1.29 is 22.6 Å². The fourth-order valence-electron chi connectivity index (χ4n) is 3.26. The molecule has 0 aliphatic rings. The Morgan fingerprint density at radius 1 is 1.18 bits per heavy atom. The van der Waals surface area contributed by atoms with Crippen LogP contribution in [-0.4, -0.2) is 32.7 Å². The molecule has 2 heterocycles. The maximum atomic E-state index is 14.0. The molecule has 2 aromatic heterocycles. The van der Waals surface area contributed by atoms with Crippen LogP contribution in [0.5, 0.6) is 11.5 Å². The molecule has 2 atom stereocenters. The predicted molar refractivity (Wildman–Crippen MR) is 124 cm³/mol. The van der Waals surface area contributed by atoms with Crippen LogP contribution in [0.1, 0.15) is 24.5 Å². The average Bonchev–Trinajstić information content (AvgIpc) is 3.21. The summed E-state index contributed by atoms with van der Waals surface area (Å²) in [7, 11) is -0.226. The van der Waals surface area contributed by atoms with Crippen LogP contribution in [0, 0.1) is 12.7 Å². The van der Waals surface area contributed by atoms with Crippen molar-refractivity contribution in [2.75, 3.05) is 18.7 Å². The zero-order valence-corrected chi connectivity index (χ0v) is 19.3. The second-order valence-corrected chi connectivity index (χ2v) is 8.35. The van der Waals surface area contributed by atoms with Crippen molar-refractivity contribution in [2.24, 2.45) is 4.36 Å². The SMILES string of the molecule is COc1cc(/N=[SH](\C)=O)cc2ncnc(Nc3ccc(F)cc3OC(C)c3cc(C)no3)c12. The minimum atomic E-state index is -1.73. The number of halogens is 1. The molecule has 0 amide bonds. The van der Waals surface area contributed by atoms with Gasteiger partial charge in [-0.2, -0.15) is 0 Å². The summed E-state index contributed by atoms with van der Waals surface area (Å²) >= 11 is 0. The summed E-state index contributed by atoms with van der Waals surface area (Å²) in [5, 5.41) is 7.63. The van der Waals surface area contributed by atoms with Crippen LogP contribution in [0.25, 0.3) is 10.9 Å². The number of aryl methyl sites for hydroxylation is 1. The van der Waals surface area contributed by atoms with Crippen molar-refractivity contribution in [3.8, 4) is 11.5 Å². The Kier molecular flexibility index (Phi) is 6.40. The molecule has 4 rings (SSSR count). The number of anilines is 2. The molecular weight excluding hydrogens is 449 g/mol. The molecule has 2 aromatic carbocycles. The van der Waals surface area contributed by atoms with Crippen molar-refractivity contribution in [1.82, 2.24) is 15.1 Å². The van der Waals surface area contributed by atoms with E-state index in [4.69, 9.17) is 14.0 Å². The van der Waals surface area contributed by atoms with Crippen LogP contribution in [0.2, 0.25) is 0 Å². The number of rotatable bonds is 7. The summed E-state index contributed by atoms with van der Waals surface area (Å²) in [6, 6.07) is 9.24. The summed E-state index contributed by atoms with van der Waals surface area (Å²) in [6.07, 6.45) is 2.38. The van der Waals surface area contributed by atoms with Gasteiger partial charge in [-0.15, -0.1) is 0 Å². The number of fused-ring (bicyclic) bond motifs is 1. The number of methoxy groups -OCH3 is 1. The molecule has 0 spiro atoms. The Bertz CT molecular complexity index is 1400. The van der Waals surface area contributed by atoms with Crippen LogP contribution in [-0.2, 0) is 10.6 Å². The third kappa shape index (κ3) is 5.03. The van der Waals surface area contributed by atoms with Gasteiger partial charge < -0.3 is 19.3 Å². The number of nitrogens with one attached hydrogen (secondary N) is 1. The fraction of sp³-hybridized carbons (Fsp3) is 0.227. The summed E-state index contributed by atoms with van der Waals surface area (Å²) in [5.74, 6) is 1.19. The van der Waals surface area contributed by atoms with E-state index in [-0.39, 0.29) is 5.75 Å². The lowest BCUT2D eigenvalue weighted by Gasteiger charge is -2.17. The number of ether oxygens (including phenoxy) is 2. The summed E-state index contributed by atoms with van der Waals surface area (Å²) in [4.78, 5) is 8.63. The van der Waals surface area contributed by atoms with Crippen molar-refractivity contribution in [3.63, 3.8) is 0 Å². The number of hydrogen-bond acceptors (Lipinski definition) is 9. The number of aromatic nitrogens is 3. The van der Waals surface area contributed by atoms with E-state index in [1.165, 1.54) is 31.8 Å². The first kappa shape index (κ1) is 22.5. The summed E-state index contributed by atoms with van der Waals surface area (Å²) < 4.78 is 46.4. The van der Waals surface area contributed by atoms with Gasteiger partial charge in [0.15, 0.2) is 11.9 Å². The zero-order chi connectivity index (χ0) is 23.5. The van der Waals surface area contributed by atoms with E-state index in [1.807, 2.05) is 0 Å². The topological polar surface area (TPSA) is 112 Å². The molecule has 172 valence electrons. The van der Waals surface area contributed by atoms with Gasteiger partial charge in [-0.1, -0.05) is 5.16 Å². The molecule has 11 heteroatoms. The van der Waals surface area contributed by atoms with Gasteiger partial charge >= 0.3 is 0 Å². The van der Waals surface area contributed by atoms with Crippen LogP contribution in [0.4, 0.5) is 21.6 Å². The Balaban J connectivity index is 1.74. The normalized spacial score (nSPS) is 13.1. The molecule has 0 saturated heterocycles. The lowest BCUT2D eigenvalue weighted by Crippen LogP contribution is -2.05. The molecule has 0 saturated carbocycles. The fourth-order valence-corrected chi connectivity index (χ4v) is 3.70. The van der Waals surface area contributed by atoms with Crippen LogP contribution in [0.15, 0.2) is 51.6 Å². The second kappa shape index (κ2) is 9.41. The number of benzene rings is 2. The Morgan fingerprint density at radius 3 is 2.70 bits per heavy atom. The number of hydrogen-bond donors (Lipinski definition) is 2. The minimum Gasteiger partial charge on any atom is -0.496 e. The molecule has 4 aromatic rings. The Labute approximate surface area is 191 Å². The molecule has 2 unspecified atom stereocenters. The first-order valence-corrected chi connectivity index (χ1v) is 11.6. The maximum Gasteiger partial charge on any atom is 0.177 e. The van der Waals surface area contributed by atoms with E-state index in [0.717, 1.165) is 5.69 Å². The Hall–Kier alpha value is -3.73. The monoisotopic (exact) mass is 471 g/mol. The molecule has 1 N–H and O–H groups in total. The summed E-state index contributed by atoms with van der Waals surface area (Å²) in [6.45, 7) is 3.58. The lowest BCUT2D eigenvalue weighted by atomic mass is 10.2. The van der Waals surface area contributed by atoms with E-state index in [2.05, 4.69) is 24.8 Å². The molecule has 0 aliphatic carbocycles. The largest absolute Gasteiger partial charge is 0.496 e. The average molecular weight is 472 g/mol. The summed E-state index contributed by atoms with van der Waals surface area (Å²) in [5.41, 5.74) is 2.22. The van der Waals surface area contributed by atoms with Gasteiger partial charge in [-0.3, -0.25) is 4.21 Å². The van der Waals surface area contributed by atoms with Crippen molar-refractivity contribution in [3.05, 3.63) is 60.0 Å². The van der Waals surface area contributed by atoms with E-state index < -0.39 is 22.5 Å². The molecule has 0 radical (unpaired) electrons. The van der Waals surface area contributed by atoms with Crippen molar-refractivity contribution >= 4 is 38.7 Å². The van der Waals surface area contributed by atoms with Gasteiger partial charge in [-0.05, 0) is 32.0 Å². The third-order valence-electron chi connectivity index (χ3n) is 4.71. The smallest absolute Gasteiger partial charge is 0.177 e. The van der Waals surface area contributed by atoms with Crippen LogP contribution >= 0.6 is 0 Å². The van der Waals surface area contributed by atoms with Gasteiger partial charge in [-0.25, -0.2) is 18.7 Å². The third-order valence-corrected chi connectivity index (χ3v) is 5.22. The molecule has 33 heavy (non-hydrogen) atoms. The second-order valence-electron chi connectivity index (χ2n) is 7.22. The molecule has 0 bridgehead atoms. The highest BCUT2D eigenvalue weighted by atomic mass is 32.2. The predicted octanol–water partition coefficient (Wildman–Crippen LogP) is 4.88. The zero-order valence-electron chi connectivity index (χ0n) is 18.4. The highest BCUT2D eigenvalue weighted by Gasteiger charge is 2.18. The van der Waals surface area contributed by atoms with Crippen LogP contribution in [0.3, 0.4) is 0 Å². The first-order chi connectivity index (χ1) is 15.8. The highest BCUT2D eigenvalue weighted by Crippen LogP contribution is 2.38. The first-order valence-electron chi connectivity index (χ1n) is 9.95. The van der Waals surface area contributed by atoms with E-state index in [9.17, 15) is 8.60 Å². The minimum absolute atomic E-state index is 0.261. The van der Waals surface area contributed by atoms with Gasteiger partial charge in [0, 0.05) is 35.1 Å². The van der Waals surface area contributed by atoms with Crippen molar-refractivity contribution in [2.45, 2.75) is 20.0 Å². The lowest BCUT2D eigenvalue weighted by molar-refractivity contribution is 0.182. The highest BCUT2D eigenvalue weighted by molar-refractivity contribution is 7.74. The number of nitrogens with zero attached hydrogens (tertiary/aromatic N) is 4. The van der Waals surface area contributed by atoms with Crippen LogP contribution < -0.4 is 14.8 Å². The molecular formula is C22H22FN5O4S.